The number of aliphatic hydroxyl groups excluding tert-OH is 1. The molecule has 15 heavy (non-hydrogen) atoms. The summed E-state index contributed by atoms with van der Waals surface area (Å²) in [4.78, 5) is 0. The van der Waals surface area contributed by atoms with Crippen molar-refractivity contribution in [3.8, 4) is 0 Å². The molecule has 1 aromatic carbocycles. The second kappa shape index (κ2) is 4.23. The quantitative estimate of drug-likeness (QED) is 0.800. The molecule has 0 aromatic heterocycles. The molecule has 0 aliphatic heterocycles. The van der Waals surface area contributed by atoms with Gasteiger partial charge in [0.1, 0.15) is 6.61 Å². The summed E-state index contributed by atoms with van der Waals surface area (Å²) in [5, 5.41) is 8.87. The molecule has 1 radical (unpaired) electrons. The summed E-state index contributed by atoms with van der Waals surface area (Å²) in [6.07, 6.45) is -4.37. The number of aliphatic hydroxyl groups is 1. The van der Waals surface area contributed by atoms with Crippen molar-refractivity contribution in [2.45, 2.75) is 25.9 Å². The predicted octanol–water partition coefficient (Wildman–Crippen LogP) is 3.71. The number of benzene rings is 1. The molecule has 0 aliphatic carbocycles. The van der Waals surface area contributed by atoms with Crippen LogP contribution in [0.4, 0.5) is 13.2 Å². The van der Waals surface area contributed by atoms with Crippen LogP contribution in [-0.2, 0) is 6.18 Å². The van der Waals surface area contributed by atoms with Gasteiger partial charge in [0.2, 0.25) is 0 Å². The largest absolute Gasteiger partial charge is 0.416 e. The van der Waals surface area contributed by atoms with Crippen LogP contribution in [-0.4, -0.2) is 5.11 Å². The monoisotopic (exact) mass is 217 g/mol. The molecule has 0 heterocycles. The summed E-state index contributed by atoms with van der Waals surface area (Å²) >= 11 is 0. The Labute approximate surface area is 86.5 Å². The number of hydrogen-bond acceptors (Lipinski definition) is 1. The van der Waals surface area contributed by atoms with Gasteiger partial charge in [-0.15, -0.1) is 0 Å². The zero-order valence-corrected chi connectivity index (χ0v) is 8.47. The van der Waals surface area contributed by atoms with Crippen molar-refractivity contribution in [1.82, 2.24) is 0 Å². The topological polar surface area (TPSA) is 20.2 Å². The summed E-state index contributed by atoms with van der Waals surface area (Å²) < 4.78 is 37.0. The van der Waals surface area contributed by atoms with Crippen LogP contribution in [0.1, 0.15) is 36.5 Å². The molecule has 0 aliphatic rings. The highest BCUT2D eigenvalue weighted by Crippen LogP contribution is 2.32. The van der Waals surface area contributed by atoms with Gasteiger partial charge in [0.25, 0.3) is 0 Å². The maximum absolute atomic E-state index is 12.3. The highest BCUT2D eigenvalue weighted by molar-refractivity contribution is 5.38. The van der Waals surface area contributed by atoms with Crippen molar-refractivity contribution in [3.05, 3.63) is 41.5 Å². The van der Waals surface area contributed by atoms with E-state index in [1.165, 1.54) is 6.07 Å². The molecular formula is C11H12F3O. The van der Waals surface area contributed by atoms with E-state index in [1.54, 1.807) is 0 Å². The lowest BCUT2D eigenvalue weighted by atomic mass is 9.95. The Morgan fingerprint density at radius 1 is 1.27 bits per heavy atom. The first-order chi connectivity index (χ1) is 6.86. The van der Waals surface area contributed by atoms with Gasteiger partial charge in [-0.3, -0.25) is 0 Å². The lowest BCUT2D eigenvalue weighted by Crippen LogP contribution is -2.07. The average molecular weight is 217 g/mol. The highest BCUT2D eigenvalue weighted by Gasteiger charge is 2.31. The highest BCUT2D eigenvalue weighted by atomic mass is 19.4. The molecule has 0 fully saturated rings. The van der Waals surface area contributed by atoms with Crippen molar-refractivity contribution in [2.24, 2.45) is 0 Å². The summed E-state index contributed by atoms with van der Waals surface area (Å²) in [5.74, 6) is 0.0747. The molecule has 0 saturated carbocycles. The first kappa shape index (κ1) is 12.0. The van der Waals surface area contributed by atoms with Crippen LogP contribution in [0.15, 0.2) is 18.2 Å². The molecule has 0 bridgehead atoms. The van der Waals surface area contributed by atoms with E-state index in [0.29, 0.717) is 12.2 Å². The first-order valence-corrected chi connectivity index (χ1v) is 4.55. The van der Waals surface area contributed by atoms with Crippen LogP contribution in [0.5, 0.6) is 0 Å². The second-order valence-electron chi connectivity index (χ2n) is 3.63. The number of halogens is 3. The fourth-order valence-corrected chi connectivity index (χ4v) is 1.39. The zero-order valence-electron chi connectivity index (χ0n) is 8.47. The van der Waals surface area contributed by atoms with Crippen molar-refractivity contribution in [1.29, 1.82) is 0 Å². The molecule has 4 heteroatoms. The summed E-state index contributed by atoms with van der Waals surface area (Å²) in [5.41, 5.74) is 0.178. The normalized spacial score (nSPS) is 12.2. The van der Waals surface area contributed by atoms with E-state index < -0.39 is 11.7 Å². The fraction of sp³-hybridized carbons (Fsp3) is 0.364. The Morgan fingerprint density at radius 2 is 1.87 bits per heavy atom. The van der Waals surface area contributed by atoms with E-state index in [2.05, 4.69) is 0 Å². The second-order valence-corrected chi connectivity index (χ2v) is 3.63. The van der Waals surface area contributed by atoms with Gasteiger partial charge >= 0.3 is 6.18 Å². The van der Waals surface area contributed by atoms with E-state index in [4.69, 9.17) is 5.11 Å². The van der Waals surface area contributed by atoms with Crippen molar-refractivity contribution in [3.63, 3.8) is 0 Å². The lowest BCUT2D eigenvalue weighted by Gasteiger charge is -2.14. The molecule has 0 unspecified atom stereocenters. The molecule has 83 valence electrons. The molecule has 0 amide bonds. The van der Waals surface area contributed by atoms with Crippen molar-refractivity contribution in [2.75, 3.05) is 0 Å². The van der Waals surface area contributed by atoms with E-state index in [1.807, 2.05) is 13.8 Å². The smallest absolute Gasteiger partial charge is 0.385 e. The molecule has 0 spiro atoms. The minimum atomic E-state index is -4.37. The molecule has 1 N–H and O–H groups in total. The fourth-order valence-electron chi connectivity index (χ4n) is 1.39. The Morgan fingerprint density at radius 3 is 2.27 bits per heavy atom. The van der Waals surface area contributed by atoms with Gasteiger partial charge in [-0.1, -0.05) is 19.9 Å². The van der Waals surface area contributed by atoms with Gasteiger partial charge in [-0.05, 0) is 29.2 Å². The third-order valence-electron chi connectivity index (χ3n) is 2.18. The summed E-state index contributed by atoms with van der Waals surface area (Å²) in [7, 11) is 0. The number of rotatable bonds is 2. The number of alkyl halides is 3. The van der Waals surface area contributed by atoms with Crippen molar-refractivity contribution < 1.29 is 18.3 Å². The molecular weight excluding hydrogens is 205 g/mol. The lowest BCUT2D eigenvalue weighted by molar-refractivity contribution is -0.137. The van der Waals surface area contributed by atoms with Crippen LogP contribution < -0.4 is 0 Å². The van der Waals surface area contributed by atoms with E-state index in [0.717, 1.165) is 12.1 Å². The predicted molar refractivity (Wildman–Crippen MR) is 50.9 cm³/mol. The Hall–Kier alpha value is -1.03. The van der Waals surface area contributed by atoms with E-state index in [-0.39, 0.29) is 11.5 Å². The first-order valence-electron chi connectivity index (χ1n) is 4.55. The molecule has 1 nitrogen and oxygen atoms in total. The third-order valence-corrected chi connectivity index (χ3v) is 2.18. The summed E-state index contributed by atoms with van der Waals surface area (Å²) in [6.45, 7) is 4.43. The van der Waals surface area contributed by atoms with Gasteiger partial charge in [-0.25, -0.2) is 0 Å². The Kier molecular flexibility index (Phi) is 3.39. The number of hydrogen-bond donors (Lipinski definition) is 1. The van der Waals surface area contributed by atoms with Crippen molar-refractivity contribution >= 4 is 0 Å². The van der Waals surface area contributed by atoms with Gasteiger partial charge in [0, 0.05) is 0 Å². The van der Waals surface area contributed by atoms with E-state index >= 15 is 0 Å². The molecule has 1 rings (SSSR count). The maximum Gasteiger partial charge on any atom is 0.416 e. The van der Waals surface area contributed by atoms with Gasteiger partial charge in [0.05, 0.1) is 5.56 Å². The SMILES string of the molecule is CC(C)c1ccc(C(F)(F)F)cc1[CH]O. The van der Waals surface area contributed by atoms with Gasteiger partial charge < -0.3 is 5.11 Å². The van der Waals surface area contributed by atoms with Crippen LogP contribution in [0.3, 0.4) is 0 Å². The van der Waals surface area contributed by atoms with Crippen LogP contribution in [0.25, 0.3) is 0 Å². The Bertz CT molecular complexity index is 342. The van der Waals surface area contributed by atoms with Crippen LogP contribution in [0.2, 0.25) is 0 Å². The van der Waals surface area contributed by atoms with Crippen LogP contribution in [0, 0.1) is 6.61 Å². The standard InChI is InChI=1S/C11H12F3O/c1-7(2)10-4-3-9(11(12,13)14)5-8(10)6-15/h3-7,15H,1-2H3. The summed E-state index contributed by atoms with van der Waals surface area (Å²) in [6, 6.07) is 3.38. The molecule has 1 aromatic rings. The van der Waals surface area contributed by atoms with Gasteiger partial charge in [-0.2, -0.15) is 13.2 Å². The third kappa shape index (κ3) is 2.72. The minimum absolute atomic E-state index is 0.0747. The van der Waals surface area contributed by atoms with Crippen LogP contribution >= 0.6 is 0 Å². The molecule has 0 atom stereocenters. The van der Waals surface area contributed by atoms with Gasteiger partial charge in [0.15, 0.2) is 0 Å². The minimum Gasteiger partial charge on any atom is -0.385 e. The zero-order chi connectivity index (χ0) is 11.6. The molecule has 0 saturated heterocycles. The van der Waals surface area contributed by atoms with E-state index in [9.17, 15) is 13.2 Å². The Balaban J connectivity index is 3.19. The average Bonchev–Trinajstić information content (AvgIpc) is 2.15. The maximum atomic E-state index is 12.3.